The second-order valence-electron chi connectivity index (χ2n) is 2.86. The zero-order chi connectivity index (χ0) is 8.81. The average Bonchev–Trinajstić information content (AvgIpc) is 2.15. The summed E-state index contributed by atoms with van der Waals surface area (Å²) in [7, 11) is 0. The molecule has 1 aliphatic rings. The van der Waals surface area contributed by atoms with Crippen LogP contribution in [0, 0.1) is 0 Å². The third-order valence-corrected chi connectivity index (χ3v) is 2.10. The van der Waals surface area contributed by atoms with Crippen LogP contribution in [0.2, 0.25) is 0 Å². The van der Waals surface area contributed by atoms with Crippen molar-refractivity contribution in [1.82, 2.24) is 4.90 Å². The van der Waals surface area contributed by atoms with Crippen LogP contribution in [0.15, 0.2) is 0 Å². The lowest BCUT2D eigenvalue weighted by Crippen LogP contribution is -2.44. The molecule has 4 nitrogen and oxygen atoms in total. The Hall–Kier alpha value is -0.450. The first-order valence-electron chi connectivity index (χ1n) is 4.26. The van der Waals surface area contributed by atoms with Gasteiger partial charge in [-0.25, -0.2) is 0 Å². The monoisotopic (exact) mass is 173 g/mol. The molecule has 0 radical (unpaired) electrons. The largest absolute Gasteiger partial charge is 0.396 e. The van der Waals surface area contributed by atoms with Crippen molar-refractivity contribution < 1.29 is 14.6 Å². The van der Waals surface area contributed by atoms with E-state index in [0.717, 1.165) is 19.4 Å². The summed E-state index contributed by atoms with van der Waals surface area (Å²) in [6, 6.07) is -0.126. The van der Waals surface area contributed by atoms with Gasteiger partial charge in [-0.3, -0.25) is 4.90 Å². The fourth-order valence-electron chi connectivity index (χ4n) is 1.38. The van der Waals surface area contributed by atoms with Crippen molar-refractivity contribution >= 4 is 6.29 Å². The Morgan fingerprint density at radius 2 is 2.17 bits per heavy atom. The summed E-state index contributed by atoms with van der Waals surface area (Å²) < 4.78 is 5.15. The highest BCUT2D eigenvalue weighted by Gasteiger charge is 2.19. The minimum Gasteiger partial charge on any atom is -0.396 e. The van der Waals surface area contributed by atoms with Gasteiger partial charge >= 0.3 is 0 Å². The zero-order valence-corrected chi connectivity index (χ0v) is 7.11. The fraction of sp³-hybridized carbons (Fsp3) is 0.875. The number of carbonyl (C=O) groups is 1. The maximum absolute atomic E-state index is 10.6. The highest BCUT2D eigenvalue weighted by Crippen LogP contribution is 2.04. The van der Waals surface area contributed by atoms with E-state index in [1.54, 1.807) is 0 Å². The minimum atomic E-state index is -0.126. The van der Waals surface area contributed by atoms with E-state index in [-0.39, 0.29) is 12.6 Å². The van der Waals surface area contributed by atoms with Crippen LogP contribution in [0.5, 0.6) is 0 Å². The standard InChI is InChI=1S/C8H15NO3/c10-4-1-8(7-11)9-2-5-12-6-3-9/h7-8,10H,1-6H2. The summed E-state index contributed by atoms with van der Waals surface area (Å²) in [5.41, 5.74) is 0. The molecule has 12 heavy (non-hydrogen) atoms. The number of ether oxygens (including phenoxy) is 1. The summed E-state index contributed by atoms with van der Waals surface area (Å²) >= 11 is 0. The van der Waals surface area contributed by atoms with Crippen LogP contribution in [0.25, 0.3) is 0 Å². The highest BCUT2D eigenvalue weighted by molar-refractivity contribution is 5.57. The number of aldehydes is 1. The van der Waals surface area contributed by atoms with Crippen LogP contribution in [0.1, 0.15) is 6.42 Å². The van der Waals surface area contributed by atoms with Gasteiger partial charge < -0.3 is 14.6 Å². The van der Waals surface area contributed by atoms with E-state index in [0.29, 0.717) is 19.6 Å². The maximum Gasteiger partial charge on any atom is 0.137 e. The molecule has 1 heterocycles. The summed E-state index contributed by atoms with van der Waals surface area (Å²) in [5.74, 6) is 0. The quantitative estimate of drug-likeness (QED) is 0.569. The van der Waals surface area contributed by atoms with Gasteiger partial charge in [0.2, 0.25) is 0 Å². The molecule has 0 aromatic heterocycles. The molecule has 0 amide bonds. The molecule has 0 aliphatic carbocycles. The number of nitrogens with zero attached hydrogens (tertiary/aromatic N) is 1. The Morgan fingerprint density at radius 1 is 1.50 bits per heavy atom. The van der Waals surface area contributed by atoms with Crippen LogP contribution < -0.4 is 0 Å². The van der Waals surface area contributed by atoms with Gasteiger partial charge in [0, 0.05) is 19.7 Å². The average molecular weight is 173 g/mol. The van der Waals surface area contributed by atoms with Crippen LogP contribution >= 0.6 is 0 Å². The van der Waals surface area contributed by atoms with Gasteiger partial charge in [-0.05, 0) is 6.42 Å². The third-order valence-electron chi connectivity index (χ3n) is 2.10. The second kappa shape index (κ2) is 5.24. The number of hydrogen-bond acceptors (Lipinski definition) is 4. The lowest BCUT2D eigenvalue weighted by molar-refractivity contribution is -0.114. The smallest absolute Gasteiger partial charge is 0.137 e. The Labute approximate surface area is 72.1 Å². The molecule has 0 saturated carbocycles. The minimum absolute atomic E-state index is 0.0702. The van der Waals surface area contributed by atoms with Gasteiger partial charge in [-0.2, -0.15) is 0 Å². The van der Waals surface area contributed by atoms with Crippen molar-refractivity contribution in [2.75, 3.05) is 32.9 Å². The summed E-state index contributed by atoms with van der Waals surface area (Å²) in [6.07, 6.45) is 1.44. The predicted octanol–water partition coefficient (Wildman–Crippen LogP) is -0.732. The first kappa shape index (κ1) is 9.64. The van der Waals surface area contributed by atoms with Crippen molar-refractivity contribution in [2.45, 2.75) is 12.5 Å². The lowest BCUT2D eigenvalue weighted by Gasteiger charge is -2.30. The lowest BCUT2D eigenvalue weighted by atomic mass is 10.2. The van der Waals surface area contributed by atoms with E-state index in [1.165, 1.54) is 0 Å². The normalized spacial score (nSPS) is 22.1. The molecule has 0 bridgehead atoms. The van der Waals surface area contributed by atoms with Crippen molar-refractivity contribution in [1.29, 1.82) is 0 Å². The zero-order valence-electron chi connectivity index (χ0n) is 7.11. The Bertz CT molecular complexity index is 134. The number of morpholine rings is 1. The van der Waals surface area contributed by atoms with Gasteiger partial charge in [0.25, 0.3) is 0 Å². The molecule has 0 aromatic rings. The van der Waals surface area contributed by atoms with Gasteiger partial charge in [0.05, 0.1) is 19.3 Å². The van der Waals surface area contributed by atoms with Crippen molar-refractivity contribution in [2.24, 2.45) is 0 Å². The first-order valence-corrected chi connectivity index (χ1v) is 4.26. The third kappa shape index (κ3) is 2.55. The van der Waals surface area contributed by atoms with Crippen molar-refractivity contribution in [3.05, 3.63) is 0 Å². The highest BCUT2D eigenvalue weighted by atomic mass is 16.5. The molecule has 70 valence electrons. The molecule has 1 saturated heterocycles. The number of aliphatic hydroxyl groups excluding tert-OH is 1. The van der Waals surface area contributed by atoms with Crippen LogP contribution in [-0.4, -0.2) is 55.2 Å². The van der Waals surface area contributed by atoms with Crippen molar-refractivity contribution in [3.8, 4) is 0 Å². The van der Waals surface area contributed by atoms with E-state index in [2.05, 4.69) is 0 Å². The molecule has 1 unspecified atom stereocenters. The van der Waals surface area contributed by atoms with Gasteiger partial charge in [0.1, 0.15) is 6.29 Å². The summed E-state index contributed by atoms with van der Waals surface area (Å²) in [5, 5.41) is 8.68. The predicted molar refractivity (Wildman–Crippen MR) is 43.9 cm³/mol. The summed E-state index contributed by atoms with van der Waals surface area (Å²) in [6.45, 7) is 3.04. The molecular formula is C8H15NO3. The molecule has 1 rings (SSSR count). The Morgan fingerprint density at radius 3 is 2.67 bits per heavy atom. The van der Waals surface area contributed by atoms with E-state index in [1.807, 2.05) is 4.90 Å². The SMILES string of the molecule is O=CC(CCO)N1CCOCC1. The second-order valence-corrected chi connectivity index (χ2v) is 2.86. The van der Waals surface area contributed by atoms with Crippen LogP contribution in [-0.2, 0) is 9.53 Å². The molecule has 1 atom stereocenters. The summed E-state index contributed by atoms with van der Waals surface area (Å²) in [4.78, 5) is 12.6. The van der Waals surface area contributed by atoms with E-state index < -0.39 is 0 Å². The molecule has 0 spiro atoms. The molecule has 1 aliphatic heterocycles. The van der Waals surface area contributed by atoms with Gasteiger partial charge in [-0.15, -0.1) is 0 Å². The number of rotatable bonds is 4. The Kier molecular flexibility index (Phi) is 4.21. The molecule has 0 aromatic carbocycles. The van der Waals surface area contributed by atoms with Crippen LogP contribution in [0.4, 0.5) is 0 Å². The van der Waals surface area contributed by atoms with Crippen LogP contribution in [0.3, 0.4) is 0 Å². The van der Waals surface area contributed by atoms with E-state index in [4.69, 9.17) is 9.84 Å². The molecular weight excluding hydrogens is 158 g/mol. The number of aliphatic hydroxyl groups is 1. The maximum atomic E-state index is 10.6. The molecule has 1 fully saturated rings. The number of carbonyl (C=O) groups excluding carboxylic acids is 1. The van der Waals surface area contributed by atoms with E-state index in [9.17, 15) is 4.79 Å². The van der Waals surface area contributed by atoms with Gasteiger partial charge in [0.15, 0.2) is 0 Å². The fourth-order valence-corrected chi connectivity index (χ4v) is 1.38. The molecule has 4 heteroatoms. The Balaban J connectivity index is 2.34. The van der Waals surface area contributed by atoms with Gasteiger partial charge in [-0.1, -0.05) is 0 Å². The van der Waals surface area contributed by atoms with Crippen molar-refractivity contribution in [3.63, 3.8) is 0 Å². The first-order chi connectivity index (χ1) is 5.88. The number of hydrogen-bond donors (Lipinski definition) is 1. The van der Waals surface area contributed by atoms with E-state index >= 15 is 0 Å². The topological polar surface area (TPSA) is 49.8 Å². The molecule has 1 N–H and O–H groups in total.